The van der Waals surface area contributed by atoms with E-state index in [1.807, 2.05) is 23.1 Å². The van der Waals surface area contributed by atoms with Crippen molar-refractivity contribution in [3.63, 3.8) is 0 Å². The summed E-state index contributed by atoms with van der Waals surface area (Å²) in [6, 6.07) is 8.77. The van der Waals surface area contributed by atoms with Crippen molar-refractivity contribution in [1.82, 2.24) is 9.97 Å². The zero-order chi connectivity index (χ0) is 27.4. The Labute approximate surface area is 230 Å². The Kier molecular flexibility index (Phi) is 7.99. The fourth-order valence-electron chi connectivity index (χ4n) is 4.35. The molecule has 2 aliphatic heterocycles. The van der Waals surface area contributed by atoms with Crippen LogP contribution in [0, 0.1) is 5.82 Å². The average Bonchev–Trinajstić information content (AvgIpc) is 3.08. The molecule has 2 aliphatic rings. The van der Waals surface area contributed by atoms with Crippen LogP contribution in [0.2, 0.25) is 5.02 Å². The number of rotatable bonds is 8. The fourth-order valence-corrected chi connectivity index (χ4v) is 4.49. The molecule has 39 heavy (non-hydrogen) atoms. The molecule has 0 unspecified atom stereocenters. The van der Waals surface area contributed by atoms with E-state index in [-0.39, 0.29) is 35.7 Å². The lowest BCUT2D eigenvalue weighted by Gasteiger charge is -2.29. The summed E-state index contributed by atoms with van der Waals surface area (Å²) in [6.45, 7) is 6.62. The van der Waals surface area contributed by atoms with Gasteiger partial charge in [-0.25, -0.2) is 14.2 Å². The van der Waals surface area contributed by atoms with E-state index in [1.54, 1.807) is 19.2 Å². The van der Waals surface area contributed by atoms with Gasteiger partial charge in [0.05, 0.1) is 31.7 Å². The average molecular weight is 555 g/mol. The number of carbonyl (C=O) groups excluding carboxylic acids is 1. The third-order valence-electron chi connectivity index (χ3n) is 6.33. The number of nitrogens with one attached hydrogen (secondary N) is 2. The van der Waals surface area contributed by atoms with E-state index < -0.39 is 11.9 Å². The van der Waals surface area contributed by atoms with Gasteiger partial charge in [0.2, 0.25) is 5.95 Å². The van der Waals surface area contributed by atoms with Crippen LogP contribution in [0.25, 0.3) is 0 Å². The summed E-state index contributed by atoms with van der Waals surface area (Å²) in [6.07, 6.45) is 3.19. The van der Waals surface area contributed by atoms with Gasteiger partial charge in [0.25, 0.3) is 0 Å². The molecule has 1 amide bonds. The van der Waals surface area contributed by atoms with Gasteiger partial charge in [0.1, 0.15) is 23.1 Å². The number of halogens is 2. The van der Waals surface area contributed by atoms with Crippen molar-refractivity contribution in [2.45, 2.75) is 6.42 Å². The lowest BCUT2D eigenvalue weighted by molar-refractivity contribution is 0.122. The van der Waals surface area contributed by atoms with Crippen LogP contribution in [0.15, 0.2) is 49.2 Å². The summed E-state index contributed by atoms with van der Waals surface area (Å²) >= 11 is 6.39. The van der Waals surface area contributed by atoms with Gasteiger partial charge in [-0.15, -0.1) is 0 Å². The molecule has 2 aromatic carbocycles. The quantitative estimate of drug-likeness (QED) is 0.360. The van der Waals surface area contributed by atoms with Crippen LogP contribution in [0.5, 0.6) is 5.75 Å². The van der Waals surface area contributed by atoms with Crippen molar-refractivity contribution in [2.24, 2.45) is 0 Å². The number of hydrogen-bond donors (Lipinski definition) is 2. The maximum Gasteiger partial charge on any atom is 0.414 e. The molecule has 0 spiro atoms. The largest absolute Gasteiger partial charge is 0.487 e. The number of ether oxygens (including phenoxy) is 3. The van der Waals surface area contributed by atoms with Gasteiger partial charge in [-0.3, -0.25) is 4.90 Å². The SMILES string of the molecule is C=CCOc1cc(N2CCOCC2)cc(F)c1Nc1nc(Nc2ccc3c(c2)CCOC(=O)N3C)ncc1Cl. The Morgan fingerprint density at radius 2 is 2.03 bits per heavy atom. The van der Waals surface area contributed by atoms with E-state index in [2.05, 4.69) is 27.2 Å². The third kappa shape index (κ3) is 5.99. The Balaban J connectivity index is 1.40. The molecule has 0 atom stereocenters. The van der Waals surface area contributed by atoms with Crippen molar-refractivity contribution in [3.8, 4) is 5.75 Å². The molecule has 0 aliphatic carbocycles. The highest BCUT2D eigenvalue weighted by Gasteiger charge is 2.22. The molecule has 3 heterocycles. The number of aromatic nitrogens is 2. The predicted molar refractivity (Wildman–Crippen MR) is 149 cm³/mol. The molecule has 3 aromatic rings. The van der Waals surface area contributed by atoms with Gasteiger partial charge in [-0.2, -0.15) is 4.98 Å². The summed E-state index contributed by atoms with van der Waals surface area (Å²) in [5.41, 5.74) is 3.20. The number of morpholine rings is 1. The molecule has 204 valence electrons. The van der Waals surface area contributed by atoms with E-state index in [4.69, 9.17) is 25.8 Å². The number of cyclic esters (lactones) is 1. The van der Waals surface area contributed by atoms with Gasteiger partial charge < -0.3 is 29.7 Å². The monoisotopic (exact) mass is 554 g/mol. The number of nitrogens with zero attached hydrogens (tertiary/aromatic N) is 4. The highest BCUT2D eigenvalue weighted by molar-refractivity contribution is 6.33. The van der Waals surface area contributed by atoms with Gasteiger partial charge in [0, 0.05) is 44.0 Å². The van der Waals surface area contributed by atoms with E-state index >= 15 is 4.39 Å². The second-order valence-electron chi connectivity index (χ2n) is 8.91. The third-order valence-corrected chi connectivity index (χ3v) is 6.60. The zero-order valence-corrected chi connectivity index (χ0v) is 22.1. The van der Waals surface area contributed by atoms with Crippen molar-refractivity contribution in [1.29, 1.82) is 0 Å². The van der Waals surface area contributed by atoms with Gasteiger partial charge >= 0.3 is 6.09 Å². The first kappa shape index (κ1) is 26.5. The lowest BCUT2D eigenvalue weighted by Crippen LogP contribution is -2.36. The fraction of sp³-hybridized carbons (Fsp3) is 0.296. The summed E-state index contributed by atoms with van der Waals surface area (Å²) < 4.78 is 31.8. The summed E-state index contributed by atoms with van der Waals surface area (Å²) in [4.78, 5) is 24.2. The van der Waals surface area contributed by atoms with Crippen molar-refractivity contribution >= 4 is 52.2 Å². The number of carbonyl (C=O) groups is 1. The molecular formula is C27H28ClFN6O4. The minimum absolute atomic E-state index is 0.0955. The predicted octanol–water partition coefficient (Wildman–Crippen LogP) is 5.29. The van der Waals surface area contributed by atoms with Crippen LogP contribution in [-0.2, 0) is 15.9 Å². The Hall–Kier alpha value is -4.09. The summed E-state index contributed by atoms with van der Waals surface area (Å²) in [5, 5.41) is 6.33. The molecule has 1 saturated heterocycles. The molecule has 1 fully saturated rings. The molecule has 12 heteroatoms. The molecule has 2 N–H and O–H groups in total. The highest BCUT2D eigenvalue weighted by atomic mass is 35.5. The standard InChI is InChI=1S/C27H28ClFN6O4/c1-3-9-38-23-15-19(35-7-11-37-12-8-35)14-21(29)24(23)32-25-20(28)16-30-26(33-25)31-18-4-5-22-17(13-18)6-10-39-27(36)34(22)2/h3-5,13-16H,1,6-12H2,2H3,(H2,30,31,32,33). The molecule has 10 nitrogen and oxygen atoms in total. The first-order valence-electron chi connectivity index (χ1n) is 12.4. The van der Waals surface area contributed by atoms with Crippen LogP contribution in [0.1, 0.15) is 5.56 Å². The second-order valence-corrected chi connectivity index (χ2v) is 9.31. The van der Waals surface area contributed by atoms with Crippen LogP contribution in [0.3, 0.4) is 0 Å². The smallest absolute Gasteiger partial charge is 0.414 e. The topological polar surface area (TPSA) is 101 Å². The summed E-state index contributed by atoms with van der Waals surface area (Å²) in [5.74, 6) is 0.222. The first-order chi connectivity index (χ1) is 18.9. The van der Waals surface area contributed by atoms with E-state index in [9.17, 15) is 4.79 Å². The molecule has 0 radical (unpaired) electrons. The number of benzene rings is 2. The normalized spacial score (nSPS) is 15.2. The molecule has 0 saturated carbocycles. The van der Waals surface area contributed by atoms with E-state index in [1.165, 1.54) is 17.2 Å². The number of amides is 1. The maximum atomic E-state index is 15.4. The maximum absolute atomic E-state index is 15.4. The van der Waals surface area contributed by atoms with Gasteiger partial charge in [-0.05, 0) is 29.8 Å². The van der Waals surface area contributed by atoms with Crippen molar-refractivity contribution in [2.75, 3.05) is 67.0 Å². The second kappa shape index (κ2) is 11.7. The number of fused-ring (bicyclic) bond motifs is 1. The van der Waals surface area contributed by atoms with Gasteiger partial charge in [-0.1, -0.05) is 24.3 Å². The van der Waals surface area contributed by atoms with Crippen LogP contribution < -0.4 is 25.2 Å². The molecular weight excluding hydrogens is 527 g/mol. The van der Waals surface area contributed by atoms with E-state index in [0.29, 0.717) is 49.8 Å². The Morgan fingerprint density at radius 3 is 2.82 bits per heavy atom. The Morgan fingerprint density at radius 1 is 1.21 bits per heavy atom. The van der Waals surface area contributed by atoms with Crippen LogP contribution in [-0.4, -0.2) is 62.6 Å². The zero-order valence-electron chi connectivity index (χ0n) is 21.4. The summed E-state index contributed by atoms with van der Waals surface area (Å²) in [7, 11) is 1.67. The van der Waals surface area contributed by atoms with Gasteiger partial charge in [0.15, 0.2) is 11.6 Å². The Bertz CT molecular complexity index is 1380. The molecule has 5 rings (SSSR count). The van der Waals surface area contributed by atoms with Crippen molar-refractivity contribution < 1.29 is 23.4 Å². The highest BCUT2D eigenvalue weighted by Crippen LogP contribution is 2.37. The first-order valence-corrected chi connectivity index (χ1v) is 12.8. The van der Waals surface area contributed by atoms with Crippen LogP contribution >= 0.6 is 11.6 Å². The van der Waals surface area contributed by atoms with E-state index in [0.717, 1.165) is 11.3 Å². The minimum Gasteiger partial charge on any atom is -0.487 e. The molecule has 1 aromatic heterocycles. The minimum atomic E-state index is -0.520. The molecule has 0 bridgehead atoms. The lowest BCUT2D eigenvalue weighted by atomic mass is 10.1. The van der Waals surface area contributed by atoms with Crippen LogP contribution in [0.4, 0.5) is 43.7 Å². The van der Waals surface area contributed by atoms with Crippen molar-refractivity contribution in [3.05, 3.63) is 65.6 Å². The number of hydrogen-bond acceptors (Lipinski definition) is 9. The number of anilines is 6.